The standard InChI is InChI=1S/C14H19NO4/c1-9-7-8-12(19-9)13(16)15(11-5-4-6-11)10(2)14(17)18-3/h7-8,10-11H,4-6H2,1-3H3/t10-/m0/s1. The van der Waals surface area contributed by atoms with Crippen LogP contribution in [0.4, 0.5) is 0 Å². The summed E-state index contributed by atoms with van der Waals surface area (Å²) in [6, 6.07) is 2.91. The molecule has 19 heavy (non-hydrogen) atoms. The van der Waals surface area contributed by atoms with Crippen molar-refractivity contribution >= 4 is 11.9 Å². The average Bonchev–Trinajstić information content (AvgIpc) is 2.77. The van der Waals surface area contributed by atoms with E-state index in [0.717, 1.165) is 19.3 Å². The van der Waals surface area contributed by atoms with Crippen LogP contribution in [-0.2, 0) is 9.53 Å². The molecule has 0 saturated heterocycles. The lowest BCUT2D eigenvalue weighted by Gasteiger charge is -2.39. The van der Waals surface area contributed by atoms with E-state index in [1.165, 1.54) is 7.11 Å². The van der Waals surface area contributed by atoms with E-state index < -0.39 is 12.0 Å². The van der Waals surface area contributed by atoms with Crippen molar-refractivity contribution in [2.45, 2.75) is 45.2 Å². The highest BCUT2D eigenvalue weighted by atomic mass is 16.5. The van der Waals surface area contributed by atoms with E-state index in [2.05, 4.69) is 0 Å². The summed E-state index contributed by atoms with van der Waals surface area (Å²) in [6.07, 6.45) is 2.93. The Labute approximate surface area is 112 Å². The molecule has 104 valence electrons. The number of hydrogen-bond donors (Lipinski definition) is 0. The fourth-order valence-electron chi connectivity index (χ4n) is 2.28. The lowest BCUT2D eigenvalue weighted by molar-refractivity contribution is -0.146. The Balaban J connectivity index is 2.22. The second-order valence-corrected chi connectivity index (χ2v) is 4.91. The van der Waals surface area contributed by atoms with Crippen LogP contribution in [0.15, 0.2) is 16.5 Å². The van der Waals surface area contributed by atoms with Gasteiger partial charge in [-0.15, -0.1) is 0 Å². The Hall–Kier alpha value is -1.78. The summed E-state index contributed by atoms with van der Waals surface area (Å²) in [5, 5.41) is 0. The van der Waals surface area contributed by atoms with E-state index in [9.17, 15) is 9.59 Å². The molecule has 0 aliphatic heterocycles. The summed E-state index contributed by atoms with van der Waals surface area (Å²) < 4.78 is 10.1. The lowest BCUT2D eigenvalue weighted by Crippen LogP contribution is -2.52. The normalized spacial score (nSPS) is 16.6. The molecular formula is C14H19NO4. The Morgan fingerprint density at radius 1 is 1.42 bits per heavy atom. The minimum atomic E-state index is -0.590. The second kappa shape index (κ2) is 5.47. The van der Waals surface area contributed by atoms with Crippen LogP contribution in [0, 0.1) is 6.92 Å². The lowest BCUT2D eigenvalue weighted by atomic mass is 9.90. The summed E-state index contributed by atoms with van der Waals surface area (Å²) in [7, 11) is 1.33. The van der Waals surface area contributed by atoms with Crippen molar-refractivity contribution in [2.24, 2.45) is 0 Å². The fourth-order valence-corrected chi connectivity index (χ4v) is 2.28. The zero-order chi connectivity index (χ0) is 14.0. The highest BCUT2D eigenvalue weighted by Gasteiger charge is 2.37. The van der Waals surface area contributed by atoms with Gasteiger partial charge >= 0.3 is 5.97 Å². The first-order valence-corrected chi connectivity index (χ1v) is 6.51. The third-order valence-electron chi connectivity index (χ3n) is 3.61. The van der Waals surface area contributed by atoms with E-state index >= 15 is 0 Å². The highest BCUT2D eigenvalue weighted by Crippen LogP contribution is 2.28. The van der Waals surface area contributed by atoms with Crippen molar-refractivity contribution in [1.29, 1.82) is 0 Å². The SMILES string of the molecule is COC(=O)[C@H](C)N(C(=O)c1ccc(C)o1)C1CCC1. The summed E-state index contributed by atoms with van der Waals surface area (Å²) in [4.78, 5) is 25.8. The van der Waals surface area contributed by atoms with Gasteiger partial charge in [-0.2, -0.15) is 0 Å². The molecule has 1 atom stereocenters. The number of carbonyl (C=O) groups excluding carboxylic acids is 2. The molecule has 0 spiro atoms. The Morgan fingerprint density at radius 2 is 2.11 bits per heavy atom. The first-order chi connectivity index (χ1) is 9.04. The van der Waals surface area contributed by atoms with Crippen molar-refractivity contribution < 1.29 is 18.7 Å². The number of rotatable bonds is 4. The molecule has 1 saturated carbocycles. The van der Waals surface area contributed by atoms with Crippen molar-refractivity contribution in [3.05, 3.63) is 23.7 Å². The molecule has 1 heterocycles. The predicted octanol–water partition coefficient (Wildman–Crippen LogP) is 2.14. The number of ether oxygens (including phenoxy) is 1. The van der Waals surface area contributed by atoms with Gasteiger partial charge in [-0.3, -0.25) is 4.79 Å². The van der Waals surface area contributed by atoms with Crippen LogP contribution in [0.5, 0.6) is 0 Å². The number of esters is 1. The van der Waals surface area contributed by atoms with Gasteiger partial charge in [-0.25, -0.2) is 4.79 Å². The summed E-state index contributed by atoms with van der Waals surface area (Å²) in [5.74, 6) is 0.321. The van der Waals surface area contributed by atoms with E-state index in [1.807, 2.05) is 0 Å². The molecule has 0 aromatic carbocycles. The summed E-state index contributed by atoms with van der Waals surface area (Å²) in [5.41, 5.74) is 0. The maximum absolute atomic E-state index is 12.5. The van der Waals surface area contributed by atoms with Crippen molar-refractivity contribution in [2.75, 3.05) is 7.11 Å². The van der Waals surface area contributed by atoms with Crippen LogP contribution >= 0.6 is 0 Å². The minimum Gasteiger partial charge on any atom is -0.467 e. The molecule has 1 aliphatic rings. The van der Waals surface area contributed by atoms with Gasteiger partial charge in [0.25, 0.3) is 5.91 Å². The fraction of sp³-hybridized carbons (Fsp3) is 0.571. The smallest absolute Gasteiger partial charge is 0.328 e. The Bertz CT molecular complexity index is 476. The van der Waals surface area contributed by atoms with Crippen molar-refractivity contribution in [1.82, 2.24) is 4.90 Å². The van der Waals surface area contributed by atoms with E-state index in [4.69, 9.17) is 9.15 Å². The van der Waals surface area contributed by atoms with Crippen LogP contribution < -0.4 is 0 Å². The number of aryl methyl sites for hydroxylation is 1. The maximum Gasteiger partial charge on any atom is 0.328 e. The molecule has 0 radical (unpaired) electrons. The monoisotopic (exact) mass is 265 g/mol. The average molecular weight is 265 g/mol. The number of hydrogen-bond acceptors (Lipinski definition) is 4. The van der Waals surface area contributed by atoms with Crippen molar-refractivity contribution in [3.63, 3.8) is 0 Å². The molecule has 0 unspecified atom stereocenters. The molecular weight excluding hydrogens is 246 g/mol. The number of amides is 1. The zero-order valence-electron chi connectivity index (χ0n) is 11.5. The van der Waals surface area contributed by atoms with Crippen LogP contribution in [-0.4, -0.2) is 36.0 Å². The maximum atomic E-state index is 12.5. The largest absolute Gasteiger partial charge is 0.467 e. The van der Waals surface area contributed by atoms with Gasteiger partial charge in [0, 0.05) is 6.04 Å². The molecule has 1 aromatic heterocycles. The molecule has 0 bridgehead atoms. The number of furan rings is 1. The molecule has 1 aromatic rings. The van der Waals surface area contributed by atoms with Crippen LogP contribution in [0.3, 0.4) is 0 Å². The van der Waals surface area contributed by atoms with E-state index in [0.29, 0.717) is 5.76 Å². The highest BCUT2D eigenvalue weighted by molar-refractivity contribution is 5.94. The molecule has 0 N–H and O–H groups in total. The van der Waals surface area contributed by atoms with Crippen LogP contribution in [0.25, 0.3) is 0 Å². The first-order valence-electron chi connectivity index (χ1n) is 6.51. The molecule has 1 fully saturated rings. The quantitative estimate of drug-likeness (QED) is 0.783. The van der Waals surface area contributed by atoms with Gasteiger partial charge in [-0.1, -0.05) is 0 Å². The van der Waals surface area contributed by atoms with E-state index in [-0.39, 0.29) is 17.7 Å². The topological polar surface area (TPSA) is 59.8 Å². The molecule has 1 aliphatic carbocycles. The predicted molar refractivity (Wildman–Crippen MR) is 68.7 cm³/mol. The minimum absolute atomic E-state index is 0.104. The number of methoxy groups -OCH3 is 1. The summed E-state index contributed by atoms with van der Waals surface area (Å²) >= 11 is 0. The van der Waals surface area contributed by atoms with Gasteiger partial charge in [0.1, 0.15) is 11.8 Å². The molecule has 1 amide bonds. The van der Waals surface area contributed by atoms with Gasteiger partial charge in [0.15, 0.2) is 5.76 Å². The van der Waals surface area contributed by atoms with Gasteiger partial charge < -0.3 is 14.1 Å². The number of carbonyl (C=O) groups is 2. The molecule has 2 rings (SSSR count). The van der Waals surface area contributed by atoms with E-state index in [1.54, 1.807) is 30.9 Å². The summed E-state index contributed by atoms with van der Waals surface area (Å²) in [6.45, 7) is 3.48. The first kappa shape index (κ1) is 13.6. The van der Waals surface area contributed by atoms with Crippen LogP contribution in [0.2, 0.25) is 0 Å². The number of nitrogens with zero attached hydrogens (tertiary/aromatic N) is 1. The third kappa shape index (κ3) is 2.64. The van der Waals surface area contributed by atoms with Crippen LogP contribution in [0.1, 0.15) is 42.5 Å². The molecule has 5 nitrogen and oxygen atoms in total. The Morgan fingerprint density at radius 3 is 2.53 bits per heavy atom. The Kier molecular flexibility index (Phi) is 3.93. The van der Waals surface area contributed by atoms with Crippen molar-refractivity contribution in [3.8, 4) is 0 Å². The van der Waals surface area contributed by atoms with Gasteiger partial charge in [0.2, 0.25) is 0 Å². The van der Waals surface area contributed by atoms with Gasteiger partial charge in [-0.05, 0) is 45.2 Å². The zero-order valence-corrected chi connectivity index (χ0v) is 11.5. The van der Waals surface area contributed by atoms with Gasteiger partial charge in [0.05, 0.1) is 7.11 Å². The third-order valence-corrected chi connectivity index (χ3v) is 3.61. The molecule has 5 heteroatoms. The second-order valence-electron chi connectivity index (χ2n) is 4.91.